The third-order valence-corrected chi connectivity index (χ3v) is 5.38. The third-order valence-electron chi connectivity index (χ3n) is 5.38. The van der Waals surface area contributed by atoms with Crippen LogP contribution in [0, 0.1) is 5.41 Å². The first-order valence-electron chi connectivity index (χ1n) is 8.42. The average Bonchev–Trinajstić information content (AvgIpc) is 2.38. The van der Waals surface area contributed by atoms with Crippen LogP contribution < -0.4 is 0 Å². The molecule has 120 valence electrons. The first-order chi connectivity index (χ1) is 9.34. The summed E-state index contributed by atoms with van der Waals surface area (Å²) in [5.41, 5.74) is -0.279. The lowest BCUT2D eigenvalue weighted by Crippen LogP contribution is -2.62. The molecule has 0 aliphatic carbocycles. The van der Waals surface area contributed by atoms with Crippen LogP contribution in [-0.2, 0) is 4.84 Å². The monoisotopic (exact) mass is 285 g/mol. The van der Waals surface area contributed by atoms with Gasteiger partial charge in [0.15, 0.2) is 0 Å². The van der Waals surface area contributed by atoms with Crippen LogP contribution in [0.2, 0.25) is 0 Å². The number of piperidine rings is 1. The van der Waals surface area contributed by atoms with Crippen LogP contribution in [0.15, 0.2) is 0 Å². The molecule has 1 rings (SSSR count). The highest BCUT2D eigenvalue weighted by molar-refractivity contribution is 5.00. The maximum Gasteiger partial charge on any atom is 0.0685 e. The quantitative estimate of drug-likeness (QED) is 0.680. The van der Waals surface area contributed by atoms with Crippen LogP contribution in [0.3, 0.4) is 0 Å². The molecule has 3 nitrogen and oxygen atoms in total. The Morgan fingerprint density at radius 3 is 2.30 bits per heavy atom. The molecule has 1 heterocycles. The summed E-state index contributed by atoms with van der Waals surface area (Å²) in [6.07, 6.45) is 8.29. The number of hydrogen-bond donors (Lipinski definition) is 1. The molecule has 0 saturated carbocycles. The van der Waals surface area contributed by atoms with Gasteiger partial charge in [-0.2, -0.15) is 5.06 Å². The average molecular weight is 285 g/mol. The molecule has 0 bridgehead atoms. The van der Waals surface area contributed by atoms with Gasteiger partial charge in [0, 0.05) is 17.5 Å². The Bertz CT molecular complexity index is 276. The fraction of sp³-hybridized carbons (Fsp3) is 1.00. The second-order valence-electron chi connectivity index (χ2n) is 7.29. The van der Waals surface area contributed by atoms with Crippen molar-refractivity contribution in [1.29, 1.82) is 0 Å². The highest BCUT2D eigenvalue weighted by Gasteiger charge is 2.50. The zero-order chi connectivity index (χ0) is 15.2. The zero-order valence-electron chi connectivity index (χ0n) is 14.2. The lowest BCUT2D eigenvalue weighted by molar-refractivity contribution is -0.277. The second-order valence-corrected chi connectivity index (χ2v) is 7.29. The molecular formula is C17H35NO2. The fourth-order valence-corrected chi connectivity index (χ4v) is 2.89. The maximum absolute atomic E-state index is 10.2. The number of aliphatic hydroxyl groups excluding tert-OH is 1. The summed E-state index contributed by atoms with van der Waals surface area (Å²) < 4.78 is 0. The SMILES string of the molecule is CCCCCCCCON1CCC(O)C(C)(C)C1(C)C. The number of hydroxylamine groups is 2. The summed E-state index contributed by atoms with van der Waals surface area (Å²) in [4.78, 5) is 6.01. The van der Waals surface area contributed by atoms with Crippen molar-refractivity contribution in [3.8, 4) is 0 Å². The zero-order valence-corrected chi connectivity index (χ0v) is 14.2. The largest absolute Gasteiger partial charge is 0.392 e. The summed E-state index contributed by atoms with van der Waals surface area (Å²) in [6.45, 7) is 12.5. The molecule has 0 radical (unpaired) electrons. The summed E-state index contributed by atoms with van der Waals surface area (Å²) in [5.74, 6) is 0. The lowest BCUT2D eigenvalue weighted by atomic mass is 9.67. The van der Waals surface area contributed by atoms with Gasteiger partial charge in [-0.05, 0) is 26.7 Å². The number of rotatable bonds is 8. The van der Waals surface area contributed by atoms with Gasteiger partial charge < -0.3 is 5.11 Å². The van der Waals surface area contributed by atoms with Gasteiger partial charge in [0.05, 0.1) is 12.7 Å². The number of hydrogen-bond acceptors (Lipinski definition) is 3. The van der Waals surface area contributed by atoms with Crippen LogP contribution in [-0.4, -0.2) is 35.0 Å². The Hall–Kier alpha value is -0.120. The van der Waals surface area contributed by atoms with Gasteiger partial charge in [-0.1, -0.05) is 52.9 Å². The van der Waals surface area contributed by atoms with Crippen molar-refractivity contribution in [3.63, 3.8) is 0 Å². The topological polar surface area (TPSA) is 32.7 Å². The number of nitrogens with zero attached hydrogens (tertiary/aromatic N) is 1. The van der Waals surface area contributed by atoms with Crippen LogP contribution in [0.1, 0.15) is 79.6 Å². The van der Waals surface area contributed by atoms with Crippen molar-refractivity contribution < 1.29 is 9.94 Å². The molecule has 1 N–H and O–H groups in total. The molecule has 0 spiro atoms. The van der Waals surface area contributed by atoms with Crippen molar-refractivity contribution in [2.24, 2.45) is 5.41 Å². The normalized spacial score (nSPS) is 25.8. The van der Waals surface area contributed by atoms with Crippen molar-refractivity contribution in [1.82, 2.24) is 5.06 Å². The Morgan fingerprint density at radius 2 is 1.65 bits per heavy atom. The predicted octanol–water partition coefficient (Wildman–Crippen LogP) is 4.15. The summed E-state index contributed by atoms with van der Waals surface area (Å²) in [5, 5.41) is 12.3. The molecule has 1 fully saturated rings. The molecule has 0 amide bonds. The molecule has 0 aromatic heterocycles. The standard InChI is InChI=1S/C17H35NO2/c1-6-7-8-9-10-11-14-20-18-13-12-15(19)16(2,3)17(18,4)5/h15,19H,6-14H2,1-5H3. The third kappa shape index (κ3) is 4.19. The minimum Gasteiger partial charge on any atom is -0.392 e. The van der Waals surface area contributed by atoms with Gasteiger partial charge in [-0.15, -0.1) is 0 Å². The molecule has 0 aromatic rings. The molecule has 1 unspecified atom stereocenters. The highest BCUT2D eigenvalue weighted by atomic mass is 16.7. The highest BCUT2D eigenvalue weighted by Crippen LogP contribution is 2.43. The van der Waals surface area contributed by atoms with E-state index in [4.69, 9.17) is 4.84 Å². The van der Waals surface area contributed by atoms with Crippen molar-refractivity contribution in [3.05, 3.63) is 0 Å². The van der Waals surface area contributed by atoms with Gasteiger partial charge in [-0.3, -0.25) is 4.84 Å². The van der Waals surface area contributed by atoms with Gasteiger partial charge in [0.1, 0.15) is 0 Å². The molecule has 1 aliphatic heterocycles. The van der Waals surface area contributed by atoms with E-state index in [1.165, 1.54) is 32.1 Å². The van der Waals surface area contributed by atoms with Crippen LogP contribution >= 0.6 is 0 Å². The van der Waals surface area contributed by atoms with E-state index in [9.17, 15) is 5.11 Å². The van der Waals surface area contributed by atoms with E-state index in [0.29, 0.717) is 0 Å². The van der Waals surface area contributed by atoms with Crippen LogP contribution in [0.4, 0.5) is 0 Å². The van der Waals surface area contributed by atoms with Gasteiger partial charge in [0.2, 0.25) is 0 Å². The minimum absolute atomic E-state index is 0.132. The van der Waals surface area contributed by atoms with Gasteiger partial charge in [0.25, 0.3) is 0 Å². The first kappa shape index (κ1) is 17.9. The fourth-order valence-electron chi connectivity index (χ4n) is 2.89. The van der Waals surface area contributed by atoms with E-state index in [0.717, 1.165) is 26.0 Å². The molecule has 1 aliphatic rings. The van der Waals surface area contributed by atoms with Crippen LogP contribution in [0.5, 0.6) is 0 Å². The minimum atomic E-state index is -0.244. The number of aliphatic hydroxyl groups is 1. The molecule has 3 heteroatoms. The van der Waals surface area contributed by atoms with Crippen molar-refractivity contribution in [2.75, 3.05) is 13.2 Å². The first-order valence-corrected chi connectivity index (χ1v) is 8.42. The van der Waals surface area contributed by atoms with E-state index in [2.05, 4.69) is 39.7 Å². The van der Waals surface area contributed by atoms with Crippen molar-refractivity contribution >= 4 is 0 Å². The Morgan fingerprint density at radius 1 is 1.05 bits per heavy atom. The van der Waals surface area contributed by atoms with E-state index in [-0.39, 0.29) is 17.1 Å². The summed E-state index contributed by atoms with van der Waals surface area (Å²) in [6, 6.07) is 0. The van der Waals surface area contributed by atoms with E-state index < -0.39 is 0 Å². The van der Waals surface area contributed by atoms with Gasteiger partial charge in [-0.25, -0.2) is 0 Å². The Labute approximate surface area is 125 Å². The Kier molecular flexibility index (Phi) is 6.96. The summed E-state index contributed by atoms with van der Waals surface area (Å²) in [7, 11) is 0. The lowest BCUT2D eigenvalue weighted by Gasteiger charge is -2.54. The van der Waals surface area contributed by atoms with Gasteiger partial charge >= 0.3 is 0 Å². The molecule has 0 aromatic carbocycles. The van der Waals surface area contributed by atoms with Crippen LogP contribution in [0.25, 0.3) is 0 Å². The Balaban J connectivity index is 2.30. The molecular weight excluding hydrogens is 250 g/mol. The second kappa shape index (κ2) is 7.77. The van der Waals surface area contributed by atoms with E-state index in [1.54, 1.807) is 0 Å². The van der Waals surface area contributed by atoms with E-state index >= 15 is 0 Å². The molecule has 20 heavy (non-hydrogen) atoms. The molecule has 1 atom stereocenters. The van der Waals surface area contributed by atoms with Crippen molar-refractivity contribution in [2.45, 2.75) is 91.2 Å². The summed E-state index contributed by atoms with van der Waals surface area (Å²) >= 11 is 0. The maximum atomic E-state index is 10.2. The predicted molar refractivity (Wildman–Crippen MR) is 84.5 cm³/mol. The van der Waals surface area contributed by atoms with E-state index in [1.807, 2.05) is 0 Å². The molecule has 1 saturated heterocycles. The smallest absolute Gasteiger partial charge is 0.0685 e. The number of unbranched alkanes of at least 4 members (excludes halogenated alkanes) is 5.